The molecule has 148 valence electrons. The van der Waals surface area contributed by atoms with Crippen LogP contribution in [0.25, 0.3) is 11.0 Å². The average Bonchev–Trinajstić information content (AvgIpc) is 3.10. The third-order valence-corrected chi connectivity index (χ3v) is 6.56. The van der Waals surface area contributed by atoms with Crippen molar-refractivity contribution in [1.29, 1.82) is 0 Å². The molecule has 2 saturated heterocycles. The summed E-state index contributed by atoms with van der Waals surface area (Å²) in [5.74, 6) is 2.46. The number of piperidine rings is 1. The van der Waals surface area contributed by atoms with Crippen LogP contribution in [0, 0.1) is 23.7 Å². The number of furan rings is 1. The van der Waals surface area contributed by atoms with Crippen molar-refractivity contribution in [3.63, 3.8) is 0 Å². The lowest BCUT2D eigenvalue weighted by atomic mass is 9.98. The van der Waals surface area contributed by atoms with Crippen LogP contribution in [0.2, 0.25) is 0 Å². The van der Waals surface area contributed by atoms with Gasteiger partial charge in [0.1, 0.15) is 0 Å². The predicted molar refractivity (Wildman–Crippen MR) is 102 cm³/mol. The highest BCUT2D eigenvalue weighted by atomic mass is 16.5. The van der Waals surface area contributed by atoms with Gasteiger partial charge in [-0.3, -0.25) is 14.6 Å². The molecule has 5 rings (SSSR count). The Morgan fingerprint density at radius 3 is 2.75 bits per heavy atom. The molecule has 4 heterocycles. The number of hydrogen-bond acceptors (Lipinski definition) is 5. The van der Waals surface area contributed by atoms with Crippen LogP contribution in [0.3, 0.4) is 0 Å². The van der Waals surface area contributed by atoms with Crippen LogP contribution in [0.5, 0.6) is 0 Å². The lowest BCUT2D eigenvalue weighted by molar-refractivity contribution is -0.138. The quantitative estimate of drug-likeness (QED) is 0.855. The van der Waals surface area contributed by atoms with E-state index in [9.17, 15) is 9.59 Å². The standard InChI is InChI=1S/C21H25N3O4/c25-20(18-9-14-1-5-22-10-19(14)28-18)23-6-2-15-16-11-24(12-17(15)16)21(26)13-3-7-27-8-4-13/h1,5,9-10,13,15-17H,2-4,6-8,11-12H2,(H,23,25)/t15?,16-,17+. The molecule has 1 unspecified atom stereocenters. The minimum atomic E-state index is -0.182. The summed E-state index contributed by atoms with van der Waals surface area (Å²) in [6.07, 6.45) is 5.98. The molecule has 0 radical (unpaired) electrons. The van der Waals surface area contributed by atoms with E-state index < -0.39 is 0 Å². The van der Waals surface area contributed by atoms with Gasteiger partial charge in [0.05, 0.1) is 6.20 Å². The first kappa shape index (κ1) is 17.7. The molecule has 2 aromatic rings. The Bertz CT molecular complexity index is 844. The Morgan fingerprint density at radius 2 is 2.00 bits per heavy atom. The van der Waals surface area contributed by atoms with E-state index in [-0.39, 0.29) is 11.8 Å². The number of amides is 2. The Labute approximate surface area is 163 Å². The van der Waals surface area contributed by atoms with E-state index >= 15 is 0 Å². The zero-order chi connectivity index (χ0) is 19.1. The SMILES string of the molecule is O=C(NCCC1[C@H]2CN(C(=O)C3CCOCC3)C[C@@H]12)c1cc2ccncc2o1. The number of pyridine rings is 1. The van der Waals surface area contributed by atoms with Gasteiger partial charge >= 0.3 is 0 Å². The first-order valence-corrected chi connectivity index (χ1v) is 10.2. The Kier molecular flexibility index (Phi) is 4.55. The van der Waals surface area contributed by atoms with Gasteiger partial charge in [-0.15, -0.1) is 0 Å². The van der Waals surface area contributed by atoms with Crippen LogP contribution in [-0.4, -0.2) is 54.5 Å². The molecule has 3 atom stereocenters. The topological polar surface area (TPSA) is 84.7 Å². The minimum Gasteiger partial charge on any atom is -0.449 e. The highest BCUT2D eigenvalue weighted by molar-refractivity contribution is 5.95. The molecule has 0 aromatic carbocycles. The Hall–Kier alpha value is -2.41. The molecule has 1 aliphatic carbocycles. The number of fused-ring (bicyclic) bond motifs is 2. The van der Waals surface area contributed by atoms with E-state index in [0.29, 0.717) is 54.8 Å². The maximum Gasteiger partial charge on any atom is 0.287 e. The largest absolute Gasteiger partial charge is 0.449 e. The number of nitrogens with one attached hydrogen (secondary N) is 1. The third-order valence-electron chi connectivity index (χ3n) is 6.56. The van der Waals surface area contributed by atoms with Crippen LogP contribution >= 0.6 is 0 Å². The second-order valence-electron chi connectivity index (χ2n) is 8.19. The molecule has 7 heteroatoms. The molecule has 1 N–H and O–H groups in total. The van der Waals surface area contributed by atoms with E-state index in [2.05, 4.69) is 15.2 Å². The lowest BCUT2D eigenvalue weighted by Crippen LogP contribution is -2.38. The number of nitrogens with zero attached hydrogens (tertiary/aromatic N) is 2. The van der Waals surface area contributed by atoms with Crippen molar-refractivity contribution in [2.45, 2.75) is 19.3 Å². The predicted octanol–water partition coefficient (Wildman–Crippen LogP) is 2.08. The lowest BCUT2D eigenvalue weighted by Gasteiger charge is -2.28. The van der Waals surface area contributed by atoms with Gasteiger partial charge in [0.25, 0.3) is 5.91 Å². The van der Waals surface area contributed by atoms with Crippen molar-refractivity contribution >= 4 is 22.8 Å². The number of aromatic nitrogens is 1. The van der Waals surface area contributed by atoms with Crippen LogP contribution < -0.4 is 5.32 Å². The van der Waals surface area contributed by atoms with Gasteiger partial charge in [0.2, 0.25) is 5.91 Å². The van der Waals surface area contributed by atoms with Gasteiger partial charge in [-0.05, 0) is 49.1 Å². The van der Waals surface area contributed by atoms with E-state index in [1.54, 1.807) is 18.5 Å². The molecular formula is C21H25N3O4. The van der Waals surface area contributed by atoms with Gasteiger partial charge in [-0.25, -0.2) is 0 Å². The maximum absolute atomic E-state index is 12.6. The number of carbonyl (C=O) groups excluding carboxylic acids is 2. The summed E-state index contributed by atoms with van der Waals surface area (Å²) >= 11 is 0. The molecule has 2 amide bonds. The summed E-state index contributed by atoms with van der Waals surface area (Å²) in [5.41, 5.74) is 0.624. The molecular weight excluding hydrogens is 358 g/mol. The fourth-order valence-electron chi connectivity index (χ4n) is 4.90. The Balaban J connectivity index is 1.06. The van der Waals surface area contributed by atoms with Crippen molar-refractivity contribution < 1.29 is 18.7 Å². The van der Waals surface area contributed by atoms with E-state index in [1.165, 1.54) is 0 Å². The first-order valence-electron chi connectivity index (χ1n) is 10.2. The molecule has 2 aromatic heterocycles. The minimum absolute atomic E-state index is 0.156. The first-order chi connectivity index (χ1) is 13.7. The molecule has 0 spiro atoms. The maximum atomic E-state index is 12.6. The van der Waals surface area contributed by atoms with Crippen LogP contribution in [0.15, 0.2) is 28.9 Å². The van der Waals surface area contributed by atoms with Crippen LogP contribution in [0.1, 0.15) is 29.8 Å². The van der Waals surface area contributed by atoms with Gasteiger partial charge < -0.3 is 19.4 Å². The highest BCUT2D eigenvalue weighted by Gasteiger charge is 2.56. The molecule has 3 fully saturated rings. The molecule has 7 nitrogen and oxygen atoms in total. The summed E-state index contributed by atoms with van der Waals surface area (Å²) in [6, 6.07) is 3.58. The smallest absolute Gasteiger partial charge is 0.287 e. The highest BCUT2D eigenvalue weighted by Crippen LogP contribution is 2.53. The normalized spacial score (nSPS) is 27.0. The molecule has 2 aliphatic heterocycles. The molecule has 0 bridgehead atoms. The van der Waals surface area contributed by atoms with Crippen molar-refractivity contribution in [3.05, 3.63) is 30.3 Å². The fourth-order valence-corrected chi connectivity index (χ4v) is 4.90. The van der Waals surface area contributed by atoms with E-state index in [0.717, 1.165) is 37.7 Å². The summed E-state index contributed by atoms with van der Waals surface area (Å²) < 4.78 is 10.9. The molecule has 3 aliphatic rings. The molecule has 28 heavy (non-hydrogen) atoms. The number of likely N-dealkylation sites (tertiary alicyclic amines) is 1. The summed E-state index contributed by atoms with van der Waals surface area (Å²) in [5, 5.41) is 3.84. The van der Waals surface area contributed by atoms with Gasteiger partial charge in [-0.2, -0.15) is 0 Å². The summed E-state index contributed by atoms with van der Waals surface area (Å²) in [4.78, 5) is 31.0. The number of ether oxygens (including phenoxy) is 1. The second-order valence-corrected chi connectivity index (χ2v) is 8.19. The number of hydrogen-bond donors (Lipinski definition) is 1. The van der Waals surface area contributed by atoms with E-state index in [1.807, 2.05) is 6.07 Å². The third kappa shape index (κ3) is 3.28. The number of carbonyl (C=O) groups is 2. The van der Waals surface area contributed by atoms with Crippen LogP contribution in [-0.2, 0) is 9.53 Å². The fraction of sp³-hybridized carbons (Fsp3) is 0.571. The van der Waals surface area contributed by atoms with Gasteiger partial charge in [-0.1, -0.05) is 0 Å². The Morgan fingerprint density at radius 1 is 1.21 bits per heavy atom. The summed E-state index contributed by atoms with van der Waals surface area (Å²) in [7, 11) is 0. The monoisotopic (exact) mass is 383 g/mol. The van der Waals surface area contributed by atoms with Crippen molar-refractivity contribution in [1.82, 2.24) is 15.2 Å². The van der Waals surface area contributed by atoms with Crippen molar-refractivity contribution in [2.75, 3.05) is 32.8 Å². The number of rotatable bonds is 5. The van der Waals surface area contributed by atoms with E-state index in [4.69, 9.17) is 9.15 Å². The average molecular weight is 383 g/mol. The van der Waals surface area contributed by atoms with Gasteiger partial charge in [0.15, 0.2) is 11.3 Å². The summed E-state index contributed by atoms with van der Waals surface area (Å²) in [6.45, 7) is 3.83. The van der Waals surface area contributed by atoms with Crippen molar-refractivity contribution in [2.24, 2.45) is 23.7 Å². The molecule has 1 saturated carbocycles. The van der Waals surface area contributed by atoms with Gasteiger partial charge in [0, 0.05) is 50.3 Å². The second kappa shape index (κ2) is 7.20. The zero-order valence-corrected chi connectivity index (χ0v) is 15.8. The van der Waals surface area contributed by atoms with Crippen molar-refractivity contribution in [3.8, 4) is 0 Å². The van der Waals surface area contributed by atoms with Crippen LogP contribution in [0.4, 0.5) is 0 Å². The zero-order valence-electron chi connectivity index (χ0n) is 15.8.